The van der Waals surface area contributed by atoms with Gasteiger partial charge in [-0.1, -0.05) is 26.0 Å². The maximum Gasteiger partial charge on any atom is 0.240 e. The monoisotopic (exact) mass is 321 g/mol. The minimum absolute atomic E-state index is 0.319. The second kappa shape index (κ2) is 7.56. The molecule has 0 saturated carbocycles. The zero-order chi connectivity index (χ0) is 16.0. The molecule has 2 rings (SSSR count). The Hall–Kier alpha value is -1.66. The van der Waals surface area contributed by atoms with E-state index in [4.69, 9.17) is 0 Å². The van der Waals surface area contributed by atoms with Crippen molar-refractivity contribution in [2.45, 2.75) is 38.1 Å². The SMILES string of the molecule is CC(C)Cc1ccc(S(=O)(=O)NCCCn2cccn2)cc1. The summed E-state index contributed by atoms with van der Waals surface area (Å²) in [4.78, 5) is 0.319. The van der Waals surface area contributed by atoms with Gasteiger partial charge in [-0.25, -0.2) is 13.1 Å². The van der Waals surface area contributed by atoms with E-state index in [0.29, 0.717) is 30.3 Å². The Kier molecular flexibility index (Phi) is 5.74. The van der Waals surface area contributed by atoms with Crippen LogP contribution in [-0.2, 0) is 23.0 Å². The number of nitrogens with zero attached hydrogens (tertiary/aromatic N) is 2. The number of aryl methyl sites for hydroxylation is 1. The third kappa shape index (κ3) is 4.96. The van der Waals surface area contributed by atoms with E-state index in [1.165, 1.54) is 0 Å². The van der Waals surface area contributed by atoms with E-state index < -0.39 is 10.0 Å². The van der Waals surface area contributed by atoms with Gasteiger partial charge in [0.2, 0.25) is 10.0 Å². The van der Waals surface area contributed by atoms with Gasteiger partial charge in [-0.15, -0.1) is 0 Å². The Labute approximate surface area is 132 Å². The normalized spacial score (nSPS) is 12.0. The lowest BCUT2D eigenvalue weighted by molar-refractivity contribution is 0.553. The summed E-state index contributed by atoms with van der Waals surface area (Å²) < 4.78 is 28.8. The highest BCUT2D eigenvalue weighted by Crippen LogP contribution is 2.13. The van der Waals surface area contributed by atoms with Crippen LogP contribution in [0.2, 0.25) is 0 Å². The average Bonchev–Trinajstić information content (AvgIpc) is 2.97. The zero-order valence-corrected chi connectivity index (χ0v) is 13.9. The molecule has 1 N–H and O–H groups in total. The maximum atomic E-state index is 12.2. The van der Waals surface area contributed by atoms with Crippen LogP contribution in [0.15, 0.2) is 47.6 Å². The van der Waals surface area contributed by atoms with E-state index in [1.807, 2.05) is 24.4 Å². The van der Waals surface area contributed by atoms with Crippen LogP contribution >= 0.6 is 0 Å². The summed E-state index contributed by atoms with van der Waals surface area (Å²) in [7, 11) is -3.43. The molecule has 0 aliphatic heterocycles. The highest BCUT2D eigenvalue weighted by atomic mass is 32.2. The number of hydrogen-bond donors (Lipinski definition) is 1. The van der Waals surface area contributed by atoms with Gasteiger partial charge in [0.25, 0.3) is 0 Å². The Balaban J connectivity index is 1.86. The molecule has 0 fully saturated rings. The van der Waals surface area contributed by atoms with Crippen LogP contribution in [-0.4, -0.2) is 24.7 Å². The second-order valence-corrected chi connectivity index (χ2v) is 7.53. The number of benzene rings is 1. The molecule has 1 aromatic carbocycles. The molecule has 5 nitrogen and oxygen atoms in total. The van der Waals surface area contributed by atoms with E-state index in [2.05, 4.69) is 23.7 Å². The number of hydrogen-bond acceptors (Lipinski definition) is 3. The first-order valence-corrected chi connectivity index (χ1v) is 9.02. The molecule has 120 valence electrons. The van der Waals surface area contributed by atoms with Crippen LogP contribution in [0.4, 0.5) is 0 Å². The number of rotatable bonds is 8. The van der Waals surface area contributed by atoms with E-state index >= 15 is 0 Å². The van der Waals surface area contributed by atoms with Crippen LogP contribution in [0.5, 0.6) is 0 Å². The quantitative estimate of drug-likeness (QED) is 0.760. The summed E-state index contributed by atoms with van der Waals surface area (Å²) >= 11 is 0. The van der Waals surface area contributed by atoms with Gasteiger partial charge < -0.3 is 0 Å². The fraction of sp³-hybridized carbons (Fsp3) is 0.438. The van der Waals surface area contributed by atoms with Gasteiger partial charge in [0.15, 0.2) is 0 Å². The molecule has 1 heterocycles. The summed E-state index contributed by atoms with van der Waals surface area (Å²) in [6, 6.07) is 8.97. The molecule has 0 aliphatic carbocycles. The predicted octanol–water partition coefficient (Wildman–Crippen LogP) is 2.45. The van der Waals surface area contributed by atoms with Crippen LogP contribution in [0, 0.1) is 5.92 Å². The lowest BCUT2D eigenvalue weighted by Crippen LogP contribution is -2.25. The smallest absolute Gasteiger partial charge is 0.240 e. The van der Waals surface area contributed by atoms with Crippen molar-refractivity contribution in [1.29, 1.82) is 0 Å². The third-order valence-corrected chi connectivity index (χ3v) is 4.77. The van der Waals surface area contributed by atoms with Crippen molar-refractivity contribution in [2.24, 2.45) is 5.92 Å². The molecule has 1 aromatic heterocycles. The molecule has 22 heavy (non-hydrogen) atoms. The summed E-state index contributed by atoms with van der Waals surface area (Å²) in [6.45, 7) is 5.39. The van der Waals surface area contributed by atoms with Crippen molar-refractivity contribution in [3.8, 4) is 0 Å². The van der Waals surface area contributed by atoms with Crippen molar-refractivity contribution in [2.75, 3.05) is 6.54 Å². The summed E-state index contributed by atoms with van der Waals surface area (Å²) in [5.74, 6) is 0.558. The zero-order valence-electron chi connectivity index (χ0n) is 13.1. The lowest BCUT2D eigenvalue weighted by atomic mass is 10.0. The molecule has 0 bridgehead atoms. The Morgan fingerprint density at radius 3 is 2.55 bits per heavy atom. The molecule has 0 amide bonds. The molecule has 6 heteroatoms. The van der Waals surface area contributed by atoms with Gasteiger partial charge in [0, 0.05) is 25.5 Å². The molecule has 0 atom stereocenters. The number of aromatic nitrogens is 2. The Morgan fingerprint density at radius 1 is 1.23 bits per heavy atom. The lowest BCUT2D eigenvalue weighted by Gasteiger charge is -2.09. The topological polar surface area (TPSA) is 64.0 Å². The summed E-state index contributed by atoms with van der Waals surface area (Å²) in [6.07, 6.45) is 5.23. The molecule has 0 radical (unpaired) electrons. The van der Waals surface area contributed by atoms with E-state index in [1.54, 1.807) is 23.0 Å². The van der Waals surface area contributed by atoms with Gasteiger partial charge in [-0.3, -0.25) is 4.68 Å². The van der Waals surface area contributed by atoms with E-state index in [9.17, 15) is 8.42 Å². The van der Waals surface area contributed by atoms with Crippen LogP contribution in [0.1, 0.15) is 25.8 Å². The second-order valence-electron chi connectivity index (χ2n) is 5.76. The summed E-state index contributed by atoms with van der Waals surface area (Å²) in [5.41, 5.74) is 1.16. The fourth-order valence-electron chi connectivity index (χ4n) is 2.24. The molecular weight excluding hydrogens is 298 g/mol. The first-order valence-electron chi connectivity index (χ1n) is 7.53. The van der Waals surface area contributed by atoms with Crippen molar-refractivity contribution < 1.29 is 8.42 Å². The standard InChI is InChI=1S/C16H23N3O2S/c1-14(2)13-15-5-7-16(8-6-15)22(20,21)18-10-4-12-19-11-3-9-17-19/h3,5-9,11,14,18H,4,10,12-13H2,1-2H3. The largest absolute Gasteiger partial charge is 0.273 e. The van der Waals surface area contributed by atoms with Gasteiger partial charge in [-0.2, -0.15) is 5.10 Å². The third-order valence-electron chi connectivity index (χ3n) is 3.29. The maximum absolute atomic E-state index is 12.2. The predicted molar refractivity (Wildman–Crippen MR) is 87.0 cm³/mol. The first-order chi connectivity index (χ1) is 10.5. The minimum atomic E-state index is -3.43. The fourth-order valence-corrected chi connectivity index (χ4v) is 3.31. The molecule has 0 spiro atoms. The van der Waals surface area contributed by atoms with Crippen molar-refractivity contribution in [3.63, 3.8) is 0 Å². The van der Waals surface area contributed by atoms with Crippen LogP contribution in [0.3, 0.4) is 0 Å². The molecule has 0 aliphatic rings. The van der Waals surface area contributed by atoms with Gasteiger partial charge >= 0.3 is 0 Å². The average molecular weight is 321 g/mol. The van der Waals surface area contributed by atoms with Crippen LogP contribution in [0.25, 0.3) is 0 Å². The molecule has 0 unspecified atom stereocenters. The van der Waals surface area contributed by atoms with Crippen molar-refractivity contribution in [3.05, 3.63) is 48.3 Å². The van der Waals surface area contributed by atoms with Gasteiger partial charge in [0.05, 0.1) is 4.90 Å². The molecular formula is C16H23N3O2S. The number of sulfonamides is 1. The highest BCUT2D eigenvalue weighted by molar-refractivity contribution is 7.89. The first kappa shape index (κ1) is 16.7. The molecule has 0 saturated heterocycles. The van der Waals surface area contributed by atoms with Gasteiger partial charge in [-0.05, 0) is 42.5 Å². The highest BCUT2D eigenvalue weighted by Gasteiger charge is 2.13. The summed E-state index contributed by atoms with van der Waals surface area (Å²) in [5, 5.41) is 4.08. The van der Waals surface area contributed by atoms with E-state index in [-0.39, 0.29) is 0 Å². The minimum Gasteiger partial charge on any atom is -0.273 e. The van der Waals surface area contributed by atoms with Gasteiger partial charge in [0.1, 0.15) is 0 Å². The van der Waals surface area contributed by atoms with E-state index in [0.717, 1.165) is 12.0 Å². The van der Waals surface area contributed by atoms with Crippen molar-refractivity contribution >= 4 is 10.0 Å². The Morgan fingerprint density at radius 2 is 1.95 bits per heavy atom. The molecule has 2 aromatic rings. The Bertz CT molecular complexity index is 662. The van der Waals surface area contributed by atoms with Crippen molar-refractivity contribution in [1.82, 2.24) is 14.5 Å². The van der Waals surface area contributed by atoms with Crippen LogP contribution < -0.4 is 4.72 Å². The number of nitrogens with one attached hydrogen (secondary N) is 1.